The third-order valence-corrected chi connectivity index (χ3v) is 8.28. The highest BCUT2D eigenvalue weighted by molar-refractivity contribution is 5.95. The van der Waals surface area contributed by atoms with Crippen LogP contribution >= 0.6 is 24.8 Å². The number of carbonyl (C=O) groups is 1. The van der Waals surface area contributed by atoms with E-state index in [0.29, 0.717) is 58.0 Å². The largest absolute Gasteiger partial charge is 0.416 e. The summed E-state index contributed by atoms with van der Waals surface area (Å²) in [6, 6.07) is 6.69. The molecule has 4 rings (SSSR count). The van der Waals surface area contributed by atoms with Gasteiger partial charge in [0.15, 0.2) is 0 Å². The van der Waals surface area contributed by atoms with E-state index < -0.39 is 41.0 Å². The number of nitrogens with zero attached hydrogens (tertiary/aromatic N) is 3. The van der Waals surface area contributed by atoms with Crippen LogP contribution in [-0.4, -0.2) is 98.9 Å². The second-order valence-corrected chi connectivity index (χ2v) is 11.5. The number of alkyl halides is 6. The lowest BCUT2D eigenvalue weighted by Gasteiger charge is -2.41. The molecule has 2 saturated heterocycles. The molecule has 0 radical (unpaired) electrons. The van der Waals surface area contributed by atoms with Crippen molar-refractivity contribution in [3.63, 3.8) is 0 Å². The highest BCUT2D eigenvalue weighted by Crippen LogP contribution is 2.37. The smallest absolute Gasteiger partial charge is 0.383 e. The van der Waals surface area contributed by atoms with Crippen molar-refractivity contribution in [2.24, 2.45) is 0 Å². The molecule has 2 atom stereocenters. The minimum atomic E-state index is -5.04. The van der Waals surface area contributed by atoms with E-state index in [0.717, 1.165) is 29.8 Å². The summed E-state index contributed by atoms with van der Waals surface area (Å²) in [5, 5.41) is 0. The van der Waals surface area contributed by atoms with Crippen molar-refractivity contribution >= 4 is 30.7 Å². The Morgan fingerprint density at radius 3 is 2.15 bits per heavy atom. The normalized spacial score (nSPS) is 20.0. The molecular weight excluding hydrogens is 659 g/mol. The molecular formula is C32H41Cl2F6N3O3. The maximum absolute atomic E-state index is 13.6. The predicted octanol–water partition coefficient (Wildman–Crippen LogP) is 6.46. The monoisotopic (exact) mass is 699 g/mol. The summed E-state index contributed by atoms with van der Waals surface area (Å²) >= 11 is 0. The lowest BCUT2D eigenvalue weighted by atomic mass is 9.97. The number of carbonyl (C=O) groups excluding carboxylic acids is 1. The average molecular weight is 701 g/mol. The number of amides is 1. The number of aryl methyl sites for hydroxylation is 2. The molecule has 2 heterocycles. The number of methoxy groups -OCH3 is 1. The molecule has 258 valence electrons. The van der Waals surface area contributed by atoms with Gasteiger partial charge in [-0.3, -0.25) is 14.6 Å². The SMILES string of the molecule is COC[C@H]1COCCN1CC=CCN1CCN(C(=O)c2cc(C(F)(F)F)cc(C(F)(F)F)c2)[C@H](Cc2ccc(C)c(C)c2)C1.Cl.Cl. The van der Waals surface area contributed by atoms with Gasteiger partial charge in [0.1, 0.15) is 0 Å². The van der Waals surface area contributed by atoms with Gasteiger partial charge in [-0.1, -0.05) is 30.4 Å². The van der Waals surface area contributed by atoms with Gasteiger partial charge in [-0.2, -0.15) is 26.3 Å². The van der Waals surface area contributed by atoms with Crippen molar-refractivity contribution in [1.29, 1.82) is 0 Å². The number of hydrogen-bond acceptors (Lipinski definition) is 5. The van der Waals surface area contributed by atoms with Gasteiger partial charge in [-0.25, -0.2) is 0 Å². The van der Waals surface area contributed by atoms with E-state index >= 15 is 0 Å². The van der Waals surface area contributed by atoms with Crippen LogP contribution in [0.4, 0.5) is 26.3 Å². The first-order valence-electron chi connectivity index (χ1n) is 14.6. The number of morpholine rings is 1. The maximum atomic E-state index is 13.6. The summed E-state index contributed by atoms with van der Waals surface area (Å²) in [7, 11) is 1.66. The number of benzene rings is 2. The molecule has 0 unspecified atom stereocenters. The molecule has 2 aliphatic heterocycles. The van der Waals surface area contributed by atoms with Gasteiger partial charge >= 0.3 is 12.4 Å². The third kappa shape index (κ3) is 10.6. The minimum Gasteiger partial charge on any atom is -0.383 e. The molecule has 14 heteroatoms. The van der Waals surface area contributed by atoms with Crippen LogP contribution in [0, 0.1) is 13.8 Å². The van der Waals surface area contributed by atoms with Crippen molar-refractivity contribution in [3.8, 4) is 0 Å². The Labute approximate surface area is 278 Å². The molecule has 0 N–H and O–H groups in total. The quantitative estimate of drug-likeness (QED) is 0.222. The number of hydrogen-bond donors (Lipinski definition) is 0. The van der Waals surface area contributed by atoms with Gasteiger partial charge in [0.25, 0.3) is 5.91 Å². The van der Waals surface area contributed by atoms with Crippen LogP contribution in [0.3, 0.4) is 0 Å². The summed E-state index contributed by atoms with van der Waals surface area (Å²) in [5.41, 5.74) is -0.546. The van der Waals surface area contributed by atoms with Crippen LogP contribution in [-0.2, 0) is 28.2 Å². The van der Waals surface area contributed by atoms with Gasteiger partial charge in [-0.05, 0) is 55.2 Å². The zero-order chi connectivity index (χ0) is 32.1. The zero-order valence-corrected chi connectivity index (χ0v) is 27.6. The first-order chi connectivity index (χ1) is 20.8. The second kappa shape index (κ2) is 17.2. The van der Waals surface area contributed by atoms with Crippen LogP contribution in [0.25, 0.3) is 0 Å². The highest BCUT2D eigenvalue weighted by atomic mass is 35.5. The van der Waals surface area contributed by atoms with Crippen molar-refractivity contribution in [2.75, 3.05) is 66.2 Å². The van der Waals surface area contributed by atoms with Crippen molar-refractivity contribution in [2.45, 2.75) is 44.7 Å². The van der Waals surface area contributed by atoms with Crippen molar-refractivity contribution in [3.05, 3.63) is 81.9 Å². The molecule has 46 heavy (non-hydrogen) atoms. The van der Waals surface area contributed by atoms with Crippen LogP contribution in [0.1, 0.15) is 38.2 Å². The molecule has 2 aromatic carbocycles. The van der Waals surface area contributed by atoms with E-state index in [-0.39, 0.29) is 43.5 Å². The van der Waals surface area contributed by atoms with Crippen LogP contribution in [0.15, 0.2) is 48.6 Å². The van der Waals surface area contributed by atoms with Gasteiger partial charge < -0.3 is 14.4 Å². The Kier molecular flexibility index (Phi) is 14.9. The molecule has 2 aromatic rings. The van der Waals surface area contributed by atoms with Gasteiger partial charge in [-0.15, -0.1) is 24.8 Å². The van der Waals surface area contributed by atoms with Gasteiger partial charge in [0.05, 0.1) is 37.0 Å². The second-order valence-electron chi connectivity index (χ2n) is 11.5. The van der Waals surface area contributed by atoms with E-state index in [1.807, 2.05) is 38.1 Å². The topological polar surface area (TPSA) is 45.3 Å². The fourth-order valence-corrected chi connectivity index (χ4v) is 5.68. The van der Waals surface area contributed by atoms with Crippen molar-refractivity contribution in [1.82, 2.24) is 14.7 Å². The first-order valence-corrected chi connectivity index (χ1v) is 14.6. The molecule has 0 aromatic heterocycles. The molecule has 0 bridgehead atoms. The molecule has 2 fully saturated rings. The standard InChI is InChI=1S/C32H39F6N3O3.2ClH/c1-22-6-7-24(14-23(22)2)15-28-19-39(8-4-5-9-40-12-13-44-21-29(40)20-43-3)10-11-41(28)30(42)25-16-26(31(33,34)35)18-27(17-25)32(36,37)38;;/h4-7,14,16-18,28-29H,8-13,15,19-21H2,1-3H3;2*1H/t28-,29+;;/m1../s1. The zero-order valence-electron chi connectivity index (χ0n) is 26.0. The molecule has 2 aliphatic rings. The van der Waals surface area contributed by atoms with E-state index in [1.165, 1.54) is 4.90 Å². The predicted molar refractivity (Wildman–Crippen MR) is 169 cm³/mol. The number of piperazine rings is 1. The maximum Gasteiger partial charge on any atom is 0.416 e. The molecule has 0 spiro atoms. The first kappa shape index (κ1) is 39.8. The lowest BCUT2D eigenvalue weighted by Crippen LogP contribution is -2.56. The van der Waals surface area contributed by atoms with E-state index in [4.69, 9.17) is 9.47 Å². The number of ether oxygens (including phenoxy) is 2. The summed E-state index contributed by atoms with van der Waals surface area (Å²) in [6.07, 6.45) is -5.54. The van der Waals surface area contributed by atoms with Gasteiger partial charge in [0.2, 0.25) is 0 Å². The fraction of sp³-hybridized carbons (Fsp3) is 0.531. The van der Waals surface area contributed by atoms with Crippen LogP contribution in [0.5, 0.6) is 0 Å². The van der Waals surface area contributed by atoms with E-state index in [2.05, 4.69) is 15.9 Å². The summed E-state index contributed by atoms with van der Waals surface area (Å²) in [4.78, 5) is 19.5. The Morgan fingerprint density at radius 2 is 1.54 bits per heavy atom. The summed E-state index contributed by atoms with van der Waals surface area (Å²) in [5.74, 6) is -0.845. The Hall–Kier alpha value is -2.35. The van der Waals surface area contributed by atoms with Gasteiger partial charge in [0, 0.05) is 58.0 Å². The molecule has 6 nitrogen and oxygen atoms in total. The Morgan fingerprint density at radius 1 is 0.891 bits per heavy atom. The number of rotatable bonds is 9. The summed E-state index contributed by atoms with van der Waals surface area (Å²) < 4.78 is 92.0. The Bertz CT molecular complexity index is 1290. The lowest BCUT2D eigenvalue weighted by molar-refractivity contribution is -0.143. The molecule has 0 saturated carbocycles. The van der Waals surface area contributed by atoms with E-state index in [1.54, 1.807) is 7.11 Å². The highest BCUT2D eigenvalue weighted by Gasteiger charge is 2.39. The Balaban J connectivity index is 0.00000368. The molecule has 1 amide bonds. The van der Waals surface area contributed by atoms with Crippen LogP contribution in [0.2, 0.25) is 0 Å². The van der Waals surface area contributed by atoms with E-state index in [9.17, 15) is 31.1 Å². The van der Waals surface area contributed by atoms with Crippen molar-refractivity contribution < 1.29 is 40.6 Å². The minimum absolute atomic E-state index is 0. The number of halogens is 8. The fourth-order valence-electron chi connectivity index (χ4n) is 5.68. The summed E-state index contributed by atoms with van der Waals surface area (Å²) in [6.45, 7) is 8.88. The van der Waals surface area contributed by atoms with Crippen LogP contribution < -0.4 is 0 Å². The third-order valence-electron chi connectivity index (χ3n) is 8.28. The average Bonchev–Trinajstić information content (AvgIpc) is 2.97. The molecule has 0 aliphatic carbocycles.